The summed E-state index contributed by atoms with van der Waals surface area (Å²) in [5.74, 6) is -0.796. The maximum absolute atomic E-state index is 12.3. The second kappa shape index (κ2) is 7.04. The van der Waals surface area contributed by atoms with Gasteiger partial charge in [0.1, 0.15) is 6.33 Å². The highest BCUT2D eigenvalue weighted by atomic mass is 16.5. The van der Waals surface area contributed by atoms with Crippen molar-refractivity contribution in [2.24, 2.45) is 0 Å². The Bertz CT molecular complexity index is 872. The van der Waals surface area contributed by atoms with Crippen LogP contribution in [0.4, 0.5) is 0 Å². The van der Waals surface area contributed by atoms with E-state index in [9.17, 15) is 9.59 Å². The number of nitrogens with zero attached hydrogens (tertiary/aromatic N) is 4. The van der Waals surface area contributed by atoms with Gasteiger partial charge in [0.05, 0.1) is 11.3 Å². The van der Waals surface area contributed by atoms with Gasteiger partial charge in [-0.15, -0.1) is 5.10 Å². The average Bonchev–Trinajstić information content (AvgIpc) is 3.16. The molecule has 0 fully saturated rings. The Labute approximate surface area is 144 Å². The quantitative estimate of drug-likeness (QED) is 0.525. The van der Waals surface area contributed by atoms with E-state index in [1.807, 2.05) is 19.1 Å². The molecule has 3 rings (SSSR count). The molecule has 0 N–H and O–H groups in total. The molecule has 1 unspecified atom stereocenters. The Morgan fingerprint density at radius 1 is 1.00 bits per heavy atom. The number of ketones is 1. The normalized spacial score (nSPS) is 11.8. The summed E-state index contributed by atoms with van der Waals surface area (Å²) in [6, 6.07) is 13.7. The summed E-state index contributed by atoms with van der Waals surface area (Å²) in [4.78, 5) is 24.6. The monoisotopic (exact) mass is 336 g/mol. The van der Waals surface area contributed by atoms with E-state index < -0.39 is 12.1 Å². The van der Waals surface area contributed by atoms with Crippen molar-refractivity contribution in [2.75, 3.05) is 0 Å². The van der Waals surface area contributed by atoms with Gasteiger partial charge < -0.3 is 4.74 Å². The largest absolute Gasteiger partial charge is 0.451 e. The molecular formula is C18H16N4O3. The topological polar surface area (TPSA) is 87.0 Å². The Morgan fingerprint density at radius 3 is 2.24 bits per heavy atom. The summed E-state index contributed by atoms with van der Waals surface area (Å²) in [7, 11) is 0. The molecule has 0 aliphatic rings. The Balaban J connectivity index is 1.67. The smallest absolute Gasteiger partial charge is 0.338 e. The van der Waals surface area contributed by atoms with E-state index in [-0.39, 0.29) is 5.78 Å². The first-order valence-electron chi connectivity index (χ1n) is 7.70. The molecule has 2 aromatic carbocycles. The van der Waals surface area contributed by atoms with E-state index >= 15 is 0 Å². The van der Waals surface area contributed by atoms with E-state index in [4.69, 9.17) is 4.74 Å². The lowest BCUT2D eigenvalue weighted by atomic mass is 10.1. The Morgan fingerprint density at radius 2 is 1.64 bits per heavy atom. The van der Waals surface area contributed by atoms with E-state index in [0.29, 0.717) is 16.8 Å². The lowest BCUT2D eigenvalue weighted by Crippen LogP contribution is -2.24. The van der Waals surface area contributed by atoms with Gasteiger partial charge in [-0.2, -0.15) is 0 Å². The number of hydrogen-bond donors (Lipinski definition) is 0. The number of Topliss-reactive ketones (excluding diaryl/α,β-unsaturated/α-hetero) is 1. The van der Waals surface area contributed by atoms with Crippen molar-refractivity contribution >= 4 is 11.8 Å². The van der Waals surface area contributed by atoms with Crippen LogP contribution in [-0.4, -0.2) is 38.1 Å². The maximum atomic E-state index is 12.3. The molecule has 1 aromatic heterocycles. The maximum Gasteiger partial charge on any atom is 0.338 e. The van der Waals surface area contributed by atoms with Gasteiger partial charge in [0.25, 0.3) is 0 Å². The lowest BCUT2D eigenvalue weighted by Gasteiger charge is -2.12. The number of carbonyl (C=O) groups excluding carboxylic acids is 2. The molecule has 0 bridgehead atoms. The number of benzene rings is 2. The van der Waals surface area contributed by atoms with Gasteiger partial charge in [0.15, 0.2) is 6.10 Å². The van der Waals surface area contributed by atoms with Crippen molar-refractivity contribution in [3.8, 4) is 5.69 Å². The zero-order chi connectivity index (χ0) is 17.8. The molecule has 7 nitrogen and oxygen atoms in total. The molecule has 0 aliphatic carbocycles. The molecule has 7 heteroatoms. The van der Waals surface area contributed by atoms with Crippen molar-refractivity contribution in [3.05, 3.63) is 71.5 Å². The third-order valence-electron chi connectivity index (χ3n) is 3.71. The highest BCUT2D eigenvalue weighted by molar-refractivity contribution is 6.01. The van der Waals surface area contributed by atoms with E-state index in [1.165, 1.54) is 11.0 Å². The van der Waals surface area contributed by atoms with Gasteiger partial charge in [-0.3, -0.25) is 4.79 Å². The molecule has 0 spiro atoms. The van der Waals surface area contributed by atoms with Gasteiger partial charge in [-0.25, -0.2) is 9.48 Å². The number of aryl methyl sites for hydroxylation is 1. The predicted octanol–water partition coefficient (Wildman–Crippen LogP) is 2.40. The van der Waals surface area contributed by atoms with Crippen LogP contribution in [0.15, 0.2) is 54.9 Å². The fraction of sp³-hybridized carbons (Fsp3) is 0.167. The Kier molecular flexibility index (Phi) is 4.65. The summed E-state index contributed by atoms with van der Waals surface area (Å²) >= 11 is 0. The molecule has 25 heavy (non-hydrogen) atoms. The van der Waals surface area contributed by atoms with Crippen LogP contribution in [0, 0.1) is 6.92 Å². The summed E-state index contributed by atoms with van der Waals surface area (Å²) in [6.07, 6.45) is 0.588. The minimum absolute atomic E-state index is 0.237. The number of ether oxygens (including phenoxy) is 1. The van der Waals surface area contributed by atoms with Crippen LogP contribution in [0.5, 0.6) is 0 Å². The second-order valence-corrected chi connectivity index (χ2v) is 5.58. The molecule has 3 aromatic rings. The molecule has 0 amide bonds. The second-order valence-electron chi connectivity index (χ2n) is 5.58. The Hall–Kier alpha value is -3.35. The minimum atomic E-state index is -0.866. The fourth-order valence-electron chi connectivity index (χ4n) is 2.26. The van der Waals surface area contributed by atoms with Crippen LogP contribution < -0.4 is 0 Å². The van der Waals surface area contributed by atoms with Crippen molar-refractivity contribution in [2.45, 2.75) is 20.0 Å². The summed E-state index contributed by atoms with van der Waals surface area (Å²) in [6.45, 7) is 3.51. The SMILES string of the molecule is Cc1ccc(C(=O)C(C)OC(=O)c2ccc(-n3cnnn3)cc2)cc1. The average molecular weight is 336 g/mol. The number of hydrogen-bond acceptors (Lipinski definition) is 6. The molecular weight excluding hydrogens is 320 g/mol. The first-order chi connectivity index (χ1) is 12.0. The first-order valence-corrected chi connectivity index (χ1v) is 7.70. The van der Waals surface area contributed by atoms with Gasteiger partial charge in [-0.05, 0) is 48.5 Å². The molecule has 0 aliphatic heterocycles. The number of rotatable bonds is 5. The first kappa shape index (κ1) is 16.5. The number of aromatic nitrogens is 4. The van der Waals surface area contributed by atoms with Crippen LogP contribution in [0.25, 0.3) is 5.69 Å². The van der Waals surface area contributed by atoms with Gasteiger partial charge >= 0.3 is 5.97 Å². The van der Waals surface area contributed by atoms with Gasteiger partial charge in [0, 0.05) is 5.56 Å². The standard InChI is InChI=1S/C18H16N4O3/c1-12-3-5-14(6-4-12)17(23)13(2)25-18(24)15-7-9-16(10-8-15)22-11-19-20-21-22/h3-11,13H,1-2H3. The van der Waals surface area contributed by atoms with Crippen LogP contribution in [0.2, 0.25) is 0 Å². The third kappa shape index (κ3) is 3.77. The molecule has 1 atom stereocenters. The van der Waals surface area contributed by atoms with E-state index in [1.54, 1.807) is 43.3 Å². The van der Waals surface area contributed by atoms with E-state index in [0.717, 1.165) is 5.56 Å². The van der Waals surface area contributed by atoms with Crippen LogP contribution in [0.3, 0.4) is 0 Å². The molecule has 0 radical (unpaired) electrons. The molecule has 126 valence electrons. The van der Waals surface area contributed by atoms with Crippen molar-refractivity contribution < 1.29 is 14.3 Å². The number of esters is 1. The zero-order valence-corrected chi connectivity index (χ0v) is 13.8. The number of carbonyl (C=O) groups is 2. The highest BCUT2D eigenvalue weighted by Crippen LogP contribution is 2.13. The third-order valence-corrected chi connectivity index (χ3v) is 3.71. The van der Waals surface area contributed by atoms with Crippen LogP contribution >= 0.6 is 0 Å². The van der Waals surface area contributed by atoms with Gasteiger partial charge in [0.2, 0.25) is 5.78 Å². The summed E-state index contributed by atoms with van der Waals surface area (Å²) in [5.41, 5.74) is 2.63. The highest BCUT2D eigenvalue weighted by Gasteiger charge is 2.20. The van der Waals surface area contributed by atoms with Crippen molar-refractivity contribution in [1.29, 1.82) is 0 Å². The van der Waals surface area contributed by atoms with Gasteiger partial charge in [-0.1, -0.05) is 29.8 Å². The summed E-state index contributed by atoms with van der Waals surface area (Å²) in [5, 5.41) is 10.9. The number of tetrazole rings is 1. The van der Waals surface area contributed by atoms with Crippen LogP contribution in [0.1, 0.15) is 33.2 Å². The van der Waals surface area contributed by atoms with Crippen LogP contribution in [-0.2, 0) is 4.74 Å². The molecule has 1 heterocycles. The zero-order valence-electron chi connectivity index (χ0n) is 13.8. The predicted molar refractivity (Wildman–Crippen MR) is 89.5 cm³/mol. The van der Waals surface area contributed by atoms with Crippen molar-refractivity contribution in [1.82, 2.24) is 20.2 Å². The van der Waals surface area contributed by atoms with Crippen molar-refractivity contribution in [3.63, 3.8) is 0 Å². The molecule has 0 saturated carbocycles. The minimum Gasteiger partial charge on any atom is -0.451 e. The lowest BCUT2D eigenvalue weighted by molar-refractivity contribution is 0.0319. The fourth-order valence-corrected chi connectivity index (χ4v) is 2.26. The van der Waals surface area contributed by atoms with E-state index in [2.05, 4.69) is 15.5 Å². The molecule has 0 saturated heterocycles. The summed E-state index contributed by atoms with van der Waals surface area (Å²) < 4.78 is 6.75.